The molecule has 1 aromatic heterocycles. The van der Waals surface area contributed by atoms with Gasteiger partial charge in [0, 0.05) is 32.7 Å². The summed E-state index contributed by atoms with van der Waals surface area (Å²) in [5, 5.41) is 1.97. The molecule has 2 nitrogen and oxygen atoms in total. The second-order valence-corrected chi connectivity index (χ2v) is 5.86. The first-order chi connectivity index (χ1) is 10.3. The van der Waals surface area contributed by atoms with Gasteiger partial charge in [-0.3, -0.25) is 9.59 Å². The molecule has 0 saturated carbocycles. The second-order valence-electron chi connectivity index (χ2n) is 4.91. The first-order valence-electron chi connectivity index (χ1n) is 6.62. The van der Waals surface area contributed by atoms with Gasteiger partial charge in [0.2, 0.25) is 0 Å². The Labute approximate surface area is 125 Å². The predicted molar refractivity (Wildman–Crippen MR) is 83.1 cm³/mol. The van der Waals surface area contributed by atoms with E-state index in [2.05, 4.69) is 0 Å². The number of hydrogen-bond acceptors (Lipinski definition) is 3. The Morgan fingerprint density at radius 2 is 1.29 bits per heavy atom. The number of hydrogen-bond donors (Lipinski definition) is 0. The van der Waals surface area contributed by atoms with E-state index in [0.29, 0.717) is 22.3 Å². The Bertz CT molecular complexity index is 876. The van der Waals surface area contributed by atoms with Gasteiger partial charge in [-0.05, 0) is 11.4 Å². The highest BCUT2D eigenvalue weighted by Crippen LogP contribution is 2.35. The fourth-order valence-electron chi connectivity index (χ4n) is 2.78. The Morgan fingerprint density at radius 1 is 0.619 bits per heavy atom. The van der Waals surface area contributed by atoms with Crippen LogP contribution in [0, 0.1) is 0 Å². The molecule has 3 aromatic rings. The van der Waals surface area contributed by atoms with E-state index in [4.69, 9.17) is 0 Å². The minimum absolute atomic E-state index is 0.0656. The fourth-order valence-corrected chi connectivity index (χ4v) is 3.54. The van der Waals surface area contributed by atoms with Gasteiger partial charge in [-0.15, -0.1) is 11.3 Å². The van der Waals surface area contributed by atoms with E-state index in [1.54, 1.807) is 41.7 Å². The number of carbonyl (C=O) groups excluding carboxylic acids is 2. The van der Waals surface area contributed by atoms with Crippen molar-refractivity contribution in [3.63, 3.8) is 0 Å². The van der Waals surface area contributed by atoms with Crippen LogP contribution in [0.3, 0.4) is 0 Å². The molecule has 0 amide bonds. The minimum Gasteiger partial charge on any atom is -0.289 e. The molecule has 4 rings (SSSR count). The number of benzene rings is 2. The molecule has 1 aliphatic carbocycles. The maximum atomic E-state index is 12.8. The Balaban J connectivity index is 2.04. The van der Waals surface area contributed by atoms with Gasteiger partial charge in [-0.25, -0.2) is 0 Å². The molecule has 1 heterocycles. The molecule has 1 aliphatic rings. The fraction of sp³-hybridized carbons (Fsp3) is 0. The van der Waals surface area contributed by atoms with E-state index in [1.807, 2.05) is 29.6 Å². The van der Waals surface area contributed by atoms with E-state index < -0.39 is 0 Å². The van der Waals surface area contributed by atoms with Crippen LogP contribution in [-0.4, -0.2) is 11.6 Å². The normalized spacial score (nSPS) is 13.0. The summed E-state index contributed by atoms with van der Waals surface area (Å²) in [5.74, 6) is -0.136. The van der Waals surface area contributed by atoms with Gasteiger partial charge >= 0.3 is 0 Å². The van der Waals surface area contributed by atoms with Crippen LogP contribution >= 0.6 is 11.3 Å². The average molecular weight is 290 g/mol. The van der Waals surface area contributed by atoms with Gasteiger partial charge in [0.25, 0.3) is 0 Å². The molecule has 0 saturated heterocycles. The smallest absolute Gasteiger partial charge is 0.195 e. The molecule has 0 N–H and O–H groups in total. The van der Waals surface area contributed by atoms with Crippen LogP contribution in [0.4, 0.5) is 0 Å². The zero-order chi connectivity index (χ0) is 14.4. The quantitative estimate of drug-likeness (QED) is 0.527. The van der Waals surface area contributed by atoms with E-state index in [9.17, 15) is 9.59 Å². The van der Waals surface area contributed by atoms with Crippen LogP contribution in [0.5, 0.6) is 0 Å². The summed E-state index contributed by atoms with van der Waals surface area (Å²) in [4.78, 5) is 26.5. The summed E-state index contributed by atoms with van der Waals surface area (Å²) in [5.41, 5.74) is 2.88. The van der Waals surface area contributed by atoms with Crippen molar-refractivity contribution in [1.82, 2.24) is 0 Å². The predicted octanol–water partition coefficient (Wildman–Crippen LogP) is 4.19. The van der Waals surface area contributed by atoms with Gasteiger partial charge in [0.1, 0.15) is 0 Å². The highest BCUT2D eigenvalue weighted by atomic mass is 32.1. The van der Waals surface area contributed by atoms with Crippen molar-refractivity contribution < 1.29 is 9.59 Å². The van der Waals surface area contributed by atoms with Crippen LogP contribution in [0.25, 0.3) is 10.4 Å². The van der Waals surface area contributed by atoms with Crippen LogP contribution in [0.1, 0.15) is 31.8 Å². The number of thiophene rings is 1. The van der Waals surface area contributed by atoms with Gasteiger partial charge in [0.05, 0.1) is 0 Å². The molecular weight excluding hydrogens is 280 g/mol. The van der Waals surface area contributed by atoms with Crippen molar-refractivity contribution in [2.75, 3.05) is 0 Å². The van der Waals surface area contributed by atoms with E-state index in [-0.39, 0.29) is 11.6 Å². The van der Waals surface area contributed by atoms with Crippen LogP contribution in [0.15, 0.2) is 60.0 Å². The van der Waals surface area contributed by atoms with Gasteiger partial charge in [0.15, 0.2) is 11.6 Å². The molecular formula is C18H10O2S. The highest BCUT2D eigenvalue weighted by molar-refractivity contribution is 7.13. The Hall–Kier alpha value is -2.52. The molecule has 0 bridgehead atoms. The molecule has 0 unspecified atom stereocenters. The summed E-state index contributed by atoms with van der Waals surface area (Å²) >= 11 is 1.57. The minimum atomic E-state index is -0.0707. The topological polar surface area (TPSA) is 34.1 Å². The first kappa shape index (κ1) is 12.2. The molecule has 100 valence electrons. The lowest BCUT2D eigenvalue weighted by atomic mass is 9.81. The zero-order valence-electron chi connectivity index (χ0n) is 11.0. The SMILES string of the molecule is O=C1c2ccccc2C(=O)c2c1cccc2-c1cccs1. The van der Waals surface area contributed by atoms with E-state index >= 15 is 0 Å². The van der Waals surface area contributed by atoms with Gasteiger partial charge in [-0.1, -0.05) is 48.5 Å². The molecule has 0 aliphatic heterocycles. The lowest BCUT2D eigenvalue weighted by Crippen LogP contribution is -2.21. The van der Waals surface area contributed by atoms with E-state index in [1.165, 1.54) is 0 Å². The number of fused-ring (bicyclic) bond motifs is 2. The van der Waals surface area contributed by atoms with Gasteiger partial charge < -0.3 is 0 Å². The average Bonchev–Trinajstić information content (AvgIpc) is 3.06. The summed E-state index contributed by atoms with van der Waals surface area (Å²) < 4.78 is 0. The van der Waals surface area contributed by atoms with E-state index in [0.717, 1.165) is 10.4 Å². The van der Waals surface area contributed by atoms with Crippen molar-refractivity contribution >= 4 is 22.9 Å². The third-order valence-corrected chi connectivity index (χ3v) is 4.64. The number of ketones is 2. The van der Waals surface area contributed by atoms with Crippen LogP contribution in [0.2, 0.25) is 0 Å². The van der Waals surface area contributed by atoms with Crippen molar-refractivity contribution in [3.05, 3.63) is 82.2 Å². The number of rotatable bonds is 1. The highest BCUT2D eigenvalue weighted by Gasteiger charge is 2.31. The summed E-state index contributed by atoms with van der Waals surface area (Å²) in [6.07, 6.45) is 0. The molecule has 0 fully saturated rings. The first-order valence-corrected chi connectivity index (χ1v) is 7.50. The lowest BCUT2D eigenvalue weighted by Gasteiger charge is -2.19. The van der Waals surface area contributed by atoms with Crippen LogP contribution < -0.4 is 0 Å². The van der Waals surface area contributed by atoms with Crippen molar-refractivity contribution in [2.45, 2.75) is 0 Å². The maximum Gasteiger partial charge on any atom is 0.195 e. The largest absolute Gasteiger partial charge is 0.289 e. The maximum absolute atomic E-state index is 12.8. The summed E-state index contributed by atoms with van der Waals surface area (Å²) in [6, 6.07) is 16.4. The van der Waals surface area contributed by atoms with Crippen molar-refractivity contribution in [2.24, 2.45) is 0 Å². The van der Waals surface area contributed by atoms with Crippen LogP contribution in [-0.2, 0) is 0 Å². The van der Waals surface area contributed by atoms with Gasteiger partial charge in [-0.2, -0.15) is 0 Å². The number of carbonyl (C=O) groups is 2. The standard InChI is InChI=1S/C18H10O2S/c19-17-11-5-1-2-6-12(11)18(20)16-13(7-3-8-14(16)17)15-9-4-10-21-15/h1-10H. The monoisotopic (exact) mass is 290 g/mol. The molecule has 0 atom stereocenters. The summed E-state index contributed by atoms with van der Waals surface area (Å²) in [6.45, 7) is 0. The molecule has 0 spiro atoms. The lowest BCUT2D eigenvalue weighted by molar-refractivity contribution is 0.0979. The second kappa shape index (κ2) is 4.50. The van der Waals surface area contributed by atoms with Crippen molar-refractivity contribution in [3.8, 4) is 10.4 Å². The third kappa shape index (κ3) is 1.71. The molecule has 2 aromatic carbocycles. The van der Waals surface area contributed by atoms with Crippen molar-refractivity contribution in [1.29, 1.82) is 0 Å². The molecule has 21 heavy (non-hydrogen) atoms. The molecule has 0 radical (unpaired) electrons. The Morgan fingerprint density at radius 3 is 2.00 bits per heavy atom. The zero-order valence-corrected chi connectivity index (χ0v) is 11.8. The summed E-state index contributed by atoms with van der Waals surface area (Å²) in [7, 11) is 0. The Kier molecular flexibility index (Phi) is 2.62. The third-order valence-electron chi connectivity index (χ3n) is 3.74. The molecule has 3 heteroatoms.